The molecule has 1 aliphatic heterocycles. The van der Waals surface area contributed by atoms with Gasteiger partial charge in [0, 0.05) is 11.8 Å². The SMILES string of the molecule is CCN1CCCC1CN=C(C)c1c(O)ccc(Br)c1OC. The maximum atomic E-state index is 10.1. The van der Waals surface area contributed by atoms with Crippen LogP contribution in [0.2, 0.25) is 0 Å². The maximum absolute atomic E-state index is 10.1. The molecule has 5 heteroatoms. The van der Waals surface area contributed by atoms with Crippen LogP contribution in [-0.2, 0) is 0 Å². The number of hydrogen-bond donors (Lipinski definition) is 1. The fraction of sp³-hybridized carbons (Fsp3) is 0.562. The predicted octanol–water partition coefficient (Wildman–Crippen LogP) is 3.46. The molecule has 1 unspecified atom stereocenters. The number of halogens is 1. The maximum Gasteiger partial charge on any atom is 0.145 e. The first-order valence-corrected chi connectivity index (χ1v) is 8.18. The first-order chi connectivity index (χ1) is 10.1. The summed E-state index contributed by atoms with van der Waals surface area (Å²) in [6.07, 6.45) is 2.45. The lowest BCUT2D eigenvalue weighted by Gasteiger charge is -2.21. The Balaban J connectivity index is 2.21. The summed E-state index contributed by atoms with van der Waals surface area (Å²) in [6, 6.07) is 3.96. The summed E-state index contributed by atoms with van der Waals surface area (Å²) < 4.78 is 6.22. The third-order valence-electron chi connectivity index (χ3n) is 4.10. The molecular formula is C16H23BrN2O2. The number of phenols is 1. The van der Waals surface area contributed by atoms with Gasteiger partial charge in [-0.05, 0) is 60.9 Å². The molecule has 0 aliphatic carbocycles. The molecule has 0 bridgehead atoms. The molecule has 21 heavy (non-hydrogen) atoms. The lowest BCUT2D eigenvalue weighted by atomic mass is 10.1. The highest BCUT2D eigenvalue weighted by Gasteiger charge is 2.23. The fourth-order valence-electron chi connectivity index (χ4n) is 2.94. The fourth-order valence-corrected chi connectivity index (χ4v) is 3.43. The zero-order chi connectivity index (χ0) is 15.4. The van der Waals surface area contributed by atoms with Crippen LogP contribution in [0.5, 0.6) is 11.5 Å². The number of hydrogen-bond acceptors (Lipinski definition) is 4. The van der Waals surface area contributed by atoms with E-state index < -0.39 is 0 Å². The number of nitrogens with zero attached hydrogens (tertiary/aromatic N) is 2. The Kier molecular flexibility index (Phi) is 5.65. The number of aliphatic imine (C=N–C) groups is 1. The molecule has 2 rings (SSSR count). The molecule has 4 nitrogen and oxygen atoms in total. The monoisotopic (exact) mass is 354 g/mol. The van der Waals surface area contributed by atoms with Crippen molar-refractivity contribution in [2.45, 2.75) is 32.7 Å². The molecule has 1 atom stereocenters. The van der Waals surface area contributed by atoms with Crippen molar-refractivity contribution < 1.29 is 9.84 Å². The van der Waals surface area contributed by atoms with Crippen LogP contribution in [0.15, 0.2) is 21.6 Å². The van der Waals surface area contributed by atoms with E-state index in [0.29, 0.717) is 17.4 Å². The summed E-state index contributed by atoms with van der Waals surface area (Å²) in [7, 11) is 1.60. The van der Waals surface area contributed by atoms with Gasteiger partial charge in [-0.25, -0.2) is 0 Å². The molecular weight excluding hydrogens is 332 g/mol. The van der Waals surface area contributed by atoms with Crippen LogP contribution in [0.3, 0.4) is 0 Å². The van der Waals surface area contributed by atoms with Gasteiger partial charge >= 0.3 is 0 Å². The summed E-state index contributed by atoms with van der Waals surface area (Å²) in [5.74, 6) is 0.838. The molecule has 0 spiro atoms. The Morgan fingerprint density at radius 2 is 2.29 bits per heavy atom. The quantitative estimate of drug-likeness (QED) is 0.823. The van der Waals surface area contributed by atoms with Crippen LogP contribution in [0.4, 0.5) is 0 Å². The number of ether oxygens (including phenoxy) is 1. The van der Waals surface area contributed by atoms with E-state index in [1.165, 1.54) is 19.4 Å². The summed E-state index contributed by atoms with van der Waals surface area (Å²) in [5.41, 5.74) is 1.49. The van der Waals surface area contributed by atoms with Crippen LogP contribution in [0.25, 0.3) is 0 Å². The van der Waals surface area contributed by atoms with Gasteiger partial charge in [0.05, 0.1) is 23.7 Å². The van der Waals surface area contributed by atoms with E-state index in [9.17, 15) is 5.11 Å². The highest BCUT2D eigenvalue weighted by Crippen LogP contribution is 2.35. The van der Waals surface area contributed by atoms with Crippen molar-refractivity contribution in [1.29, 1.82) is 0 Å². The molecule has 0 aromatic heterocycles. The van der Waals surface area contributed by atoms with Crippen LogP contribution in [-0.4, -0.2) is 48.5 Å². The third kappa shape index (κ3) is 3.58. The minimum atomic E-state index is 0.204. The number of rotatable bonds is 5. The van der Waals surface area contributed by atoms with Crippen molar-refractivity contribution in [2.24, 2.45) is 4.99 Å². The minimum Gasteiger partial charge on any atom is -0.507 e. The van der Waals surface area contributed by atoms with Crippen molar-refractivity contribution in [3.63, 3.8) is 0 Å². The third-order valence-corrected chi connectivity index (χ3v) is 4.72. The topological polar surface area (TPSA) is 45.1 Å². The number of likely N-dealkylation sites (tertiary alicyclic amines) is 1. The molecule has 1 aliphatic rings. The van der Waals surface area contributed by atoms with E-state index >= 15 is 0 Å². The van der Waals surface area contributed by atoms with Crippen molar-refractivity contribution in [2.75, 3.05) is 26.7 Å². The average molecular weight is 355 g/mol. The van der Waals surface area contributed by atoms with E-state index in [1.807, 2.05) is 6.92 Å². The molecule has 0 radical (unpaired) electrons. The van der Waals surface area contributed by atoms with Crippen LogP contribution < -0.4 is 4.74 Å². The van der Waals surface area contributed by atoms with Gasteiger partial charge < -0.3 is 9.84 Å². The van der Waals surface area contributed by atoms with Crippen molar-refractivity contribution >= 4 is 21.6 Å². The largest absolute Gasteiger partial charge is 0.507 e. The molecule has 0 amide bonds. The van der Waals surface area contributed by atoms with Crippen molar-refractivity contribution in [3.8, 4) is 11.5 Å². The normalized spacial score (nSPS) is 20.0. The van der Waals surface area contributed by atoms with Gasteiger partial charge in [0.2, 0.25) is 0 Å². The first kappa shape index (κ1) is 16.3. The van der Waals surface area contributed by atoms with Crippen molar-refractivity contribution in [1.82, 2.24) is 4.90 Å². The molecule has 0 saturated carbocycles. The van der Waals surface area contributed by atoms with E-state index in [0.717, 1.165) is 23.3 Å². The lowest BCUT2D eigenvalue weighted by Crippen LogP contribution is -2.31. The molecule has 1 saturated heterocycles. The molecule has 1 fully saturated rings. The number of phenolic OH excluding ortho intramolecular Hbond substituents is 1. The Bertz CT molecular complexity index is 531. The Morgan fingerprint density at radius 1 is 1.52 bits per heavy atom. The summed E-state index contributed by atoms with van der Waals surface area (Å²) in [6.45, 7) is 7.13. The average Bonchev–Trinajstić information content (AvgIpc) is 2.94. The minimum absolute atomic E-state index is 0.204. The standard InChI is InChI=1S/C16H23BrN2O2/c1-4-19-9-5-6-12(19)10-18-11(2)15-14(20)8-7-13(17)16(15)21-3/h7-8,12,20H,4-6,9-10H2,1-3H3. The summed E-state index contributed by atoms with van der Waals surface area (Å²) >= 11 is 3.45. The number of benzene rings is 1. The molecule has 1 aromatic rings. The van der Waals surface area contributed by atoms with Gasteiger partial charge in [-0.2, -0.15) is 0 Å². The van der Waals surface area contributed by atoms with Gasteiger partial charge in [-0.3, -0.25) is 9.89 Å². The highest BCUT2D eigenvalue weighted by molar-refractivity contribution is 9.10. The molecule has 116 valence electrons. The van der Waals surface area contributed by atoms with E-state index in [1.54, 1.807) is 19.2 Å². The van der Waals surface area contributed by atoms with E-state index in [2.05, 4.69) is 27.8 Å². The predicted molar refractivity (Wildman–Crippen MR) is 89.7 cm³/mol. The molecule has 1 heterocycles. The summed E-state index contributed by atoms with van der Waals surface area (Å²) in [5, 5.41) is 10.1. The van der Waals surface area contributed by atoms with Gasteiger partial charge in [0.25, 0.3) is 0 Å². The smallest absolute Gasteiger partial charge is 0.145 e. The van der Waals surface area contributed by atoms with Gasteiger partial charge in [0.1, 0.15) is 11.5 Å². The Morgan fingerprint density at radius 3 is 2.95 bits per heavy atom. The van der Waals surface area contributed by atoms with Crippen molar-refractivity contribution in [3.05, 3.63) is 22.2 Å². The Hall–Kier alpha value is -1.07. The lowest BCUT2D eigenvalue weighted by molar-refractivity contribution is 0.273. The zero-order valence-corrected chi connectivity index (χ0v) is 14.5. The van der Waals surface area contributed by atoms with E-state index in [-0.39, 0.29) is 5.75 Å². The summed E-state index contributed by atoms with van der Waals surface area (Å²) in [4.78, 5) is 7.17. The van der Waals surface area contributed by atoms with Crippen LogP contribution in [0, 0.1) is 0 Å². The number of methoxy groups -OCH3 is 1. The highest BCUT2D eigenvalue weighted by atomic mass is 79.9. The van der Waals surface area contributed by atoms with Gasteiger partial charge in [0.15, 0.2) is 0 Å². The second-order valence-electron chi connectivity index (χ2n) is 5.33. The van der Waals surface area contributed by atoms with Crippen LogP contribution in [0.1, 0.15) is 32.3 Å². The number of likely N-dealkylation sites (N-methyl/N-ethyl adjacent to an activating group) is 1. The number of aromatic hydroxyl groups is 1. The van der Waals surface area contributed by atoms with Gasteiger partial charge in [-0.1, -0.05) is 6.92 Å². The molecule has 1 N–H and O–H groups in total. The first-order valence-electron chi connectivity index (χ1n) is 7.39. The van der Waals surface area contributed by atoms with E-state index in [4.69, 9.17) is 9.73 Å². The zero-order valence-electron chi connectivity index (χ0n) is 12.9. The van der Waals surface area contributed by atoms with Crippen LogP contribution >= 0.6 is 15.9 Å². The second-order valence-corrected chi connectivity index (χ2v) is 6.18. The molecule has 1 aromatic carbocycles. The van der Waals surface area contributed by atoms with Gasteiger partial charge in [-0.15, -0.1) is 0 Å². The second kappa shape index (κ2) is 7.27. The Labute approximate surface area is 135 Å².